The average Bonchev–Trinajstić information content (AvgIpc) is 2.90. The maximum Gasteiger partial charge on any atom is 0.236 e. The maximum absolute atomic E-state index is 12.3. The molecule has 2 aliphatic rings. The van der Waals surface area contributed by atoms with Gasteiger partial charge in [-0.1, -0.05) is 0 Å². The number of amides is 1. The van der Waals surface area contributed by atoms with Crippen LogP contribution in [0.4, 0.5) is 0 Å². The van der Waals surface area contributed by atoms with Crippen molar-refractivity contribution in [1.29, 1.82) is 0 Å². The Hall–Kier alpha value is -0.940. The van der Waals surface area contributed by atoms with E-state index < -0.39 is 0 Å². The molecule has 1 aliphatic heterocycles. The van der Waals surface area contributed by atoms with Crippen molar-refractivity contribution in [2.24, 2.45) is 0 Å². The predicted octanol–water partition coefficient (Wildman–Crippen LogP) is 2.47. The van der Waals surface area contributed by atoms with E-state index in [9.17, 15) is 4.79 Å². The fourth-order valence-corrected chi connectivity index (χ4v) is 4.47. The second kappa shape index (κ2) is 6.88. The molecule has 5 heteroatoms. The van der Waals surface area contributed by atoms with Gasteiger partial charge >= 0.3 is 0 Å². The molecule has 1 amide bonds. The van der Waals surface area contributed by atoms with Crippen LogP contribution in [-0.2, 0) is 24.2 Å². The van der Waals surface area contributed by atoms with Gasteiger partial charge in [0.2, 0.25) is 5.91 Å². The van der Waals surface area contributed by atoms with Gasteiger partial charge in [-0.25, -0.2) is 4.98 Å². The molecule has 2 heterocycles. The van der Waals surface area contributed by atoms with E-state index in [2.05, 4.69) is 4.90 Å². The standard InChI is InChI=1S/C16H25N3OS/c1-18(12-16(20)19-9-5-2-6-10-19)11-15-17-13-7-3-4-8-14(13)21-15/h2-12H2,1H3. The number of nitrogens with zero attached hydrogens (tertiary/aromatic N) is 3. The molecule has 3 rings (SSSR count). The number of hydrogen-bond acceptors (Lipinski definition) is 4. The minimum Gasteiger partial charge on any atom is -0.342 e. The van der Waals surface area contributed by atoms with Crippen LogP contribution in [0.25, 0.3) is 0 Å². The summed E-state index contributed by atoms with van der Waals surface area (Å²) < 4.78 is 0. The molecule has 0 unspecified atom stereocenters. The minimum absolute atomic E-state index is 0.276. The lowest BCUT2D eigenvalue weighted by Gasteiger charge is -2.28. The van der Waals surface area contributed by atoms with E-state index in [1.807, 2.05) is 23.3 Å². The molecule has 1 fully saturated rings. The van der Waals surface area contributed by atoms with Gasteiger partial charge in [-0.05, 0) is 52.0 Å². The molecular formula is C16H25N3OS. The summed E-state index contributed by atoms with van der Waals surface area (Å²) in [6.07, 6.45) is 8.51. The summed E-state index contributed by atoms with van der Waals surface area (Å²) in [7, 11) is 2.03. The van der Waals surface area contributed by atoms with Gasteiger partial charge in [0.05, 0.1) is 18.8 Å². The van der Waals surface area contributed by atoms with Crippen LogP contribution in [-0.4, -0.2) is 47.4 Å². The number of likely N-dealkylation sites (tertiary alicyclic amines) is 1. The van der Waals surface area contributed by atoms with Crippen molar-refractivity contribution in [2.45, 2.75) is 51.5 Å². The Morgan fingerprint density at radius 2 is 1.95 bits per heavy atom. The van der Waals surface area contributed by atoms with Crippen molar-refractivity contribution in [3.05, 3.63) is 15.6 Å². The SMILES string of the molecule is CN(CC(=O)N1CCCCC1)Cc1nc2c(s1)CCCC2. The van der Waals surface area contributed by atoms with Crippen molar-refractivity contribution in [3.8, 4) is 0 Å². The fourth-order valence-electron chi connectivity index (χ4n) is 3.23. The molecule has 0 saturated carbocycles. The monoisotopic (exact) mass is 307 g/mol. The van der Waals surface area contributed by atoms with Gasteiger partial charge < -0.3 is 4.90 Å². The molecule has 1 aromatic rings. The molecule has 116 valence electrons. The number of rotatable bonds is 4. The number of hydrogen-bond donors (Lipinski definition) is 0. The minimum atomic E-state index is 0.276. The molecule has 0 aromatic carbocycles. The first-order valence-electron chi connectivity index (χ1n) is 8.16. The summed E-state index contributed by atoms with van der Waals surface area (Å²) in [4.78, 5) is 22.6. The van der Waals surface area contributed by atoms with Gasteiger partial charge in [0, 0.05) is 18.0 Å². The summed E-state index contributed by atoms with van der Waals surface area (Å²) >= 11 is 1.85. The number of carbonyl (C=O) groups excluding carboxylic acids is 1. The summed E-state index contributed by atoms with van der Waals surface area (Å²) in [5.74, 6) is 0.276. The van der Waals surface area contributed by atoms with Gasteiger partial charge in [-0.15, -0.1) is 11.3 Å². The highest BCUT2D eigenvalue weighted by Crippen LogP contribution is 2.27. The van der Waals surface area contributed by atoms with Crippen LogP contribution in [0.3, 0.4) is 0 Å². The Balaban J connectivity index is 1.52. The van der Waals surface area contributed by atoms with Crippen molar-refractivity contribution >= 4 is 17.2 Å². The van der Waals surface area contributed by atoms with Crippen molar-refractivity contribution in [2.75, 3.05) is 26.7 Å². The maximum atomic E-state index is 12.3. The lowest BCUT2D eigenvalue weighted by molar-refractivity contribution is -0.133. The topological polar surface area (TPSA) is 36.4 Å². The van der Waals surface area contributed by atoms with E-state index in [0.29, 0.717) is 6.54 Å². The Labute approximate surface area is 131 Å². The second-order valence-electron chi connectivity index (χ2n) is 6.30. The molecule has 1 aliphatic carbocycles. The fraction of sp³-hybridized carbons (Fsp3) is 0.750. The number of aromatic nitrogens is 1. The number of carbonyl (C=O) groups is 1. The molecular weight excluding hydrogens is 282 g/mol. The lowest BCUT2D eigenvalue weighted by Crippen LogP contribution is -2.41. The summed E-state index contributed by atoms with van der Waals surface area (Å²) in [5.41, 5.74) is 1.32. The Morgan fingerprint density at radius 3 is 2.71 bits per heavy atom. The molecule has 1 aromatic heterocycles. The first-order chi connectivity index (χ1) is 10.2. The first-order valence-corrected chi connectivity index (χ1v) is 8.98. The third-order valence-electron chi connectivity index (χ3n) is 4.41. The molecule has 0 atom stereocenters. The van der Waals surface area contributed by atoms with E-state index in [1.165, 1.54) is 41.3 Å². The highest BCUT2D eigenvalue weighted by molar-refractivity contribution is 7.11. The summed E-state index contributed by atoms with van der Waals surface area (Å²) in [6, 6.07) is 0. The number of piperidine rings is 1. The zero-order chi connectivity index (χ0) is 14.7. The van der Waals surface area contributed by atoms with Crippen LogP contribution < -0.4 is 0 Å². The molecule has 1 saturated heterocycles. The van der Waals surface area contributed by atoms with Crippen LogP contribution in [0.15, 0.2) is 0 Å². The average molecular weight is 307 g/mol. The molecule has 0 radical (unpaired) electrons. The van der Waals surface area contributed by atoms with Crippen LogP contribution in [0, 0.1) is 0 Å². The number of likely N-dealkylation sites (N-methyl/N-ethyl adjacent to an activating group) is 1. The molecule has 4 nitrogen and oxygen atoms in total. The third-order valence-corrected chi connectivity index (χ3v) is 5.55. The predicted molar refractivity (Wildman–Crippen MR) is 85.5 cm³/mol. The molecule has 21 heavy (non-hydrogen) atoms. The van der Waals surface area contributed by atoms with Crippen LogP contribution in [0.2, 0.25) is 0 Å². The first kappa shape index (κ1) is 15.0. The Kier molecular flexibility index (Phi) is 4.91. The second-order valence-corrected chi connectivity index (χ2v) is 7.47. The molecule has 0 spiro atoms. The molecule has 0 N–H and O–H groups in total. The summed E-state index contributed by atoms with van der Waals surface area (Å²) in [5, 5.41) is 1.18. The normalized spacial score (nSPS) is 18.9. The Morgan fingerprint density at radius 1 is 1.19 bits per heavy atom. The van der Waals surface area contributed by atoms with Crippen molar-refractivity contribution < 1.29 is 4.79 Å². The quantitative estimate of drug-likeness (QED) is 0.857. The van der Waals surface area contributed by atoms with Crippen LogP contribution >= 0.6 is 11.3 Å². The number of thiazole rings is 1. The van der Waals surface area contributed by atoms with E-state index in [0.717, 1.165) is 38.9 Å². The highest BCUT2D eigenvalue weighted by atomic mass is 32.1. The van der Waals surface area contributed by atoms with E-state index in [-0.39, 0.29) is 5.91 Å². The zero-order valence-electron chi connectivity index (χ0n) is 12.9. The third kappa shape index (κ3) is 3.83. The lowest BCUT2D eigenvalue weighted by atomic mass is 10.0. The van der Waals surface area contributed by atoms with Crippen LogP contribution in [0.1, 0.15) is 47.7 Å². The van der Waals surface area contributed by atoms with E-state index in [4.69, 9.17) is 4.98 Å². The van der Waals surface area contributed by atoms with Gasteiger partial charge in [0.1, 0.15) is 5.01 Å². The smallest absolute Gasteiger partial charge is 0.236 e. The number of fused-ring (bicyclic) bond motifs is 1. The Bertz CT molecular complexity index is 470. The van der Waals surface area contributed by atoms with Gasteiger partial charge in [0.15, 0.2) is 0 Å². The number of aryl methyl sites for hydroxylation is 2. The van der Waals surface area contributed by atoms with Crippen molar-refractivity contribution in [3.63, 3.8) is 0 Å². The highest BCUT2D eigenvalue weighted by Gasteiger charge is 2.20. The van der Waals surface area contributed by atoms with E-state index in [1.54, 1.807) is 0 Å². The molecule has 0 bridgehead atoms. The van der Waals surface area contributed by atoms with Gasteiger partial charge in [0.25, 0.3) is 0 Å². The van der Waals surface area contributed by atoms with E-state index >= 15 is 0 Å². The van der Waals surface area contributed by atoms with Gasteiger partial charge in [-0.2, -0.15) is 0 Å². The van der Waals surface area contributed by atoms with Gasteiger partial charge in [-0.3, -0.25) is 9.69 Å². The largest absolute Gasteiger partial charge is 0.342 e. The van der Waals surface area contributed by atoms with Crippen molar-refractivity contribution in [1.82, 2.24) is 14.8 Å². The zero-order valence-corrected chi connectivity index (χ0v) is 13.8. The van der Waals surface area contributed by atoms with Crippen LogP contribution in [0.5, 0.6) is 0 Å². The summed E-state index contributed by atoms with van der Waals surface area (Å²) in [6.45, 7) is 3.21.